The maximum atomic E-state index is 13.1. The Kier molecular flexibility index (Phi) is 4.00. The molecular weight excluding hydrogens is 350 g/mol. The van der Waals surface area contributed by atoms with Gasteiger partial charge in [-0.05, 0) is 43.5 Å². The number of aryl methyl sites for hydroxylation is 2. The molecule has 0 fully saturated rings. The fourth-order valence-corrected chi connectivity index (χ4v) is 3.52. The van der Waals surface area contributed by atoms with Crippen molar-refractivity contribution in [2.75, 3.05) is 10.6 Å². The summed E-state index contributed by atoms with van der Waals surface area (Å²) in [5.74, 6) is 1.33. The smallest absolute Gasteiger partial charge is 0.294 e. The van der Waals surface area contributed by atoms with Gasteiger partial charge in [-0.15, -0.1) is 11.3 Å². The van der Waals surface area contributed by atoms with Gasteiger partial charge in [-0.25, -0.2) is 0 Å². The van der Waals surface area contributed by atoms with Crippen LogP contribution in [0.5, 0.6) is 5.75 Å². The van der Waals surface area contributed by atoms with E-state index >= 15 is 0 Å². The lowest BCUT2D eigenvalue weighted by atomic mass is 10.1. The summed E-state index contributed by atoms with van der Waals surface area (Å²) in [5, 5.41) is 5.93. The summed E-state index contributed by atoms with van der Waals surface area (Å²) in [6.07, 6.45) is 1.76. The molecule has 0 unspecified atom stereocenters. The fourth-order valence-electron chi connectivity index (χ4n) is 2.87. The van der Waals surface area contributed by atoms with E-state index in [-0.39, 0.29) is 11.7 Å². The number of amides is 1. The predicted molar refractivity (Wildman–Crippen MR) is 101 cm³/mol. The van der Waals surface area contributed by atoms with Gasteiger partial charge in [0.05, 0.1) is 17.9 Å². The molecule has 0 aliphatic carbocycles. The second kappa shape index (κ2) is 6.34. The van der Waals surface area contributed by atoms with Crippen molar-refractivity contribution >= 4 is 34.7 Å². The standard InChI is InChI=1S/C19H17N3O3S/c1-11-15(12(2)25-21-11)10-22-16-8-13(20)5-6-17(16)24-18(19(22)23)9-14-4-3-7-26-14/h3-9H,10,20H2,1-2H3/b18-9+. The lowest BCUT2D eigenvalue weighted by Gasteiger charge is -2.30. The first-order valence-electron chi connectivity index (χ1n) is 8.09. The van der Waals surface area contributed by atoms with Gasteiger partial charge in [0.25, 0.3) is 5.91 Å². The lowest BCUT2D eigenvalue weighted by molar-refractivity contribution is -0.117. The Morgan fingerprint density at radius 2 is 2.15 bits per heavy atom. The predicted octanol–water partition coefficient (Wildman–Crippen LogP) is 3.90. The van der Waals surface area contributed by atoms with E-state index in [9.17, 15) is 4.79 Å². The minimum atomic E-state index is -0.225. The second-order valence-electron chi connectivity index (χ2n) is 6.05. The molecule has 3 aromatic rings. The number of rotatable bonds is 3. The highest BCUT2D eigenvalue weighted by molar-refractivity contribution is 7.10. The van der Waals surface area contributed by atoms with Crippen LogP contribution in [0.4, 0.5) is 11.4 Å². The Balaban J connectivity index is 1.79. The van der Waals surface area contributed by atoms with Crippen molar-refractivity contribution in [3.63, 3.8) is 0 Å². The first-order valence-corrected chi connectivity index (χ1v) is 8.97. The van der Waals surface area contributed by atoms with Crippen molar-refractivity contribution in [2.24, 2.45) is 0 Å². The Hall–Kier alpha value is -3.06. The summed E-state index contributed by atoms with van der Waals surface area (Å²) < 4.78 is 11.1. The molecule has 3 heterocycles. The van der Waals surface area contributed by atoms with Gasteiger partial charge < -0.3 is 15.0 Å². The molecule has 0 bridgehead atoms. The largest absolute Gasteiger partial charge is 0.449 e. The highest BCUT2D eigenvalue weighted by Crippen LogP contribution is 2.38. The van der Waals surface area contributed by atoms with Crippen molar-refractivity contribution in [1.82, 2.24) is 5.16 Å². The molecule has 7 heteroatoms. The molecule has 2 N–H and O–H groups in total. The SMILES string of the molecule is Cc1noc(C)c1CN1C(=O)/C(=C\c2cccs2)Oc2ccc(N)cc21. The van der Waals surface area contributed by atoms with Crippen LogP contribution >= 0.6 is 11.3 Å². The number of hydrogen-bond acceptors (Lipinski definition) is 6. The third kappa shape index (κ3) is 2.86. The van der Waals surface area contributed by atoms with E-state index in [1.54, 1.807) is 40.5 Å². The van der Waals surface area contributed by atoms with E-state index in [4.69, 9.17) is 15.0 Å². The Morgan fingerprint density at radius 1 is 1.31 bits per heavy atom. The summed E-state index contributed by atoms with van der Waals surface area (Å²) in [5.41, 5.74) is 8.77. The van der Waals surface area contributed by atoms with Gasteiger partial charge in [-0.3, -0.25) is 9.69 Å². The van der Waals surface area contributed by atoms with Crippen LogP contribution in [0, 0.1) is 13.8 Å². The zero-order valence-corrected chi connectivity index (χ0v) is 15.2. The first-order chi connectivity index (χ1) is 12.5. The molecule has 2 aromatic heterocycles. The quantitative estimate of drug-likeness (QED) is 0.561. The monoisotopic (exact) mass is 367 g/mol. The first kappa shape index (κ1) is 16.4. The molecule has 1 aliphatic rings. The molecule has 0 saturated heterocycles. The molecule has 6 nitrogen and oxygen atoms in total. The van der Waals surface area contributed by atoms with E-state index in [0.717, 1.165) is 16.1 Å². The number of benzene rings is 1. The molecule has 132 valence electrons. The molecule has 4 rings (SSSR count). The molecule has 0 radical (unpaired) electrons. The summed E-state index contributed by atoms with van der Waals surface area (Å²) in [6, 6.07) is 9.14. The molecular formula is C19H17N3O3S. The average Bonchev–Trinajstić information content (AvgIpc) is 3.23. The molecule has 0 spiro atoms. The zero-order chi connectivity index (χ0) is 18.3. The van der Waals surface area contributed by atoms with Crippen molar-refractivity contribution in [2.45, 2.75) is 20.4 Å². The van der Waals surface area contributed by atoms with E-state index in [1.165, 1.54) is 0 Å². The third-order valence-electron chi connectivity index (χ3n) is 4.26. The summed E-state index contributed by atoms with van der Waals surface area (Å²) >= 11 is 1.54. The Bertz CT molecular complexity index is 986. The van der Waals surface area contributed by atoms with Crippen molar-refractivity contribution < 1.29 is 14.1 Å². The maximum absolute atomic E-state index is 13.1. The number of nitrogens with zero attached hydrogens (tertiary/aromatic N) is 2. The lowest BCUT2D eigenvalue weighted by Crippen LogP contribution is -2.37. The van der Waals surface area contributed by atoms with Crippen LogP contribution in [0.2, 0.25) is 0 Å². The van der Waals surface area contributed by atoms with Crippen LogP contribution < -0.4 is 15.4 Å². The topological polar surface area (TPSA) is 81.6 Å². The van der Waals surface area contributed by atoms with Crippen LogP contribution in [0.3, 0.4) is 0 Å². The number of anilines is 2. The summed E-state index contributed by atoms with van der Waals surface area (Å²) in [7, 11) is 0. The molecule has 0 atom stereocenters. The summed E-state index contributed by atoms with van der Waals surface area (Å²) in [6.45, 7) is 4.03. The third-order valence-corrected chi connectivity index (χ3v) is 5.08. The van der Waals surface area contributed by atoms with Crippen LogP contribution in [0.25, 0.3) is 6.08 Å². The number of nitrogens with two attached hydrogens (primary N) is 1. The van der Waals surface area contributed by atoms with Gasteiger partial charge in [-0.2, -0.15) is 0 Å². The average molecular weight is 367 g/mol. The van der Waals surface area contributed by atoms with Gasteiger partial charge in [0.2, 0.25) is 0 Å². The molecule has 1 aromatic carbocycles. The number of fused-ring (bicyclic) bond motifs is 1. The molecule has 0 saturated carbocycles. The zero-order valence-electron chi connectivity index (χ0n) is 14.4. The van der Waals surface area contributed by atoms with Gasteiger partial charge in [0, 0.05) is 22.2 Å². The van der Waals surface area contributed by atoms with Crippen molar-refractivity contribution in [3.8, 4) is 5.75 Å². The summed E-state index contributed by atoms with van der Waals surface area (Å²) in [4.78, 5) is 15.7. The van der Waals surface area contributed by atoms with Crippen molar-refractivity contribution in [3.05, 3.63) is 63.4 Å². The van der Waals surface area contributed by atoms with Crippen LogP contribution in [0.15, 0.2) is 46.0 Å². The van der Waals surface area contributed by atoms with Crippen LogP contribution in [-0.4, -0.2) is 11.1 Å². The normalized spacial score (nSPS) is 15.2. The molecule has 26 heavy (non-hydrogen) atoms. The van der Waals surface area contributed by atoms with E-state index in [0.29, 0.717) is 29.4 Å². The van der Waals surface area contributed by atoms with E-state index in [2.05, 4.69) is 5.16 Å². The highest BCUT2D eigenvalue weighted by atomic mass is 32.1. The molecule has 1 aliphatic heterocycles. The number of thiophene rings is 1. The van der Waals surface area contributed by atoms with Crippen molar-refractivity contribution in [1.29, 1.82) is 0 Å². The van der Waals surface area contributed by atoms with Gasteiger partial charge in [0.15, 0.2) is 11.5 Å². The number of carbonyl (C=O) groups excluding carboxylic acids is 1. The minimum absolute atomic E-state index is 0.225. The van der Waals surface area contributed by atoms with Gasteiger partial charge in [0.1, 0.15) is 5.76 Å². The van der Waals surface area contributed by atoms with Crippen LogP contribution in [0.1, 0.15) is 21.9 Å². The Morgan fingerprint density at radius 3 is 2.85 bits per heavy atom. The highest BCUT2D eigenvalue weighted by Gasteiger charge is 2.32. The maximum Gasteiger partial charge on any atom is 0.294 e. The second-order valence-corrected chi connectivity index (χ2v) is 7.03. The van der Waals surface area contributed by atoms with E-state index < -0.39 is 0 Å². The minimum Gasteiger partial charge on any atom is -0.449 e. The van der Waals surface area contributed by atoms with Crippen LogP contribution in [-0.2, 0) is 11.3 Å². The fraction of sp³-hybridized carbons (Fsp3) is 0.158. The number of carbonyl (C=O) groups is 1. The number of ether oxygens (including phenoxy) is 1. The number of hydrogen-bond donors (Lipinski definition) is 1. The van der Waals surface area contributed by atoms with Gasteiger partial charge >= 0.3 is 0 Å². The molecule has 1 amide bonds. The van der Waals surface area contributed by atoms with E-state index in [1.807, 2.05) is 31.4 Å². The number of nitrogen functional groups attached to an aromatic ring is 1. The van der Waals surface area contributed by atoms with Gasteiger partial charge in [-0.1, -0.05) is 11.2 Å². The number of aromatic nitrogens is 1. The Labute approximate surface area is 154 Å².